The van der Waals surface area contributed by atoms with E-state index >= 15 is 0 Å². The van der Waals surface area contributed by atoms with Crippen LogP contribution in [0.2, 0.25) is 0 Å². The number of nitrogens with one attached hydrogen (secondary N) is 1. The molecule has 1 aliphatic heterocycles. The zero-order valence-corrected chi connectivity index (χ0v) is 20.9. The van der Waals surface area contributed by atoms with E-state index in [1.165, 1.54) is 0 Å². The molecule has 4 rings (SSSR count). The van der Waals surface area contributed by atoms with Crippen LogP contribution in [0.1, 0.15) is 25.8 Å². The summed E-state index contributed by atoms with van der Waals surface area (Å²) in [4.78, 5) is 29.5. The molecule has 0 spiro atoms. The predicted octanol–water partition coefficient (Wildman–Crippen LogP) is 3.16. The second kappa shape index (κ2) is 10.2. The fourth-order valence-corrected chi connectivity index (χ4v) is 5.47. The number of nitrogens with zero attached hydrogens (tertiary/aromatic N) is 2. The van der Waals surface area contributed by atoms with Crippen molar-refractivity contribution in [1.29, 1.82) is 0 Å². The molecule has 1 fully saturated rings. The Bertz CT molecular complexity index is 1310. The number of hydrogen-bond donors (Lipinski definition) is 1. The van der Waals surface area contributed by atoms with Gasteiger partial charge in [0.2, 0.25) is 21.8 Å². The van der Waals surface area contributed by atoms with E-state index in [1.54, 1.807) is 28.0 Å². The quantitative estimate of drug-likeness (QED) is 0.548. The molecule has 3 aromatic rings. The second-order valence-electron chi connectivity index (χ2n) is 9.32. The van der Waals surface area contributed by atoms with Gasteiger partial charge in [0.1, 0.15) is 0 Å². The molecular weight excluding hydrogens is 462 g/mol. The molecule has 0 atom stereocenters. The summed E-state index contributed by atoms with van der Waals surface area (Å²) in [5.74, 6) is -0.0837. The van der Waals surface area contributed by atoms with Gasteiger partial charge in [-0.15, -0.1) is 0 Å². The van der Waals surface area contributed by atoms with Gasteiger partial charge in [-0.25, -0.2) is 13.1 Å². The number of carbonyl (C=O) groups is 2. The lowest BCUT2D eigenvalue weighted by Crippen LogP contribution is -2.54. The van der Waals surface area contributed by atoms with Gasteiger partial charge in [0.25, 0.3) is 0 Å². The maximum atomic E-state index is 13.1. The maximum Gasteiger partial charge on any atom is 0.240 e. The van der Waals surface area contributed by atoms with Crippen molar-refractivity contribution < 1.29 is 18.0 Å². The Morgan fingerprint density at radius 1 is 0.829 bits per heavy atom. The number of hydrogen-bond acceptors (Lipinski definition) is 4. The first-order valence-electron chi connectivity index (χ1n) is 11.8. The summed E-state index contributed by atoms with van der Waals surface area (Å²) in [6, 6.07) is 22.2. The van der Waals surface area contributed by atoms with Gasteiger partial charge in [0.15, 0.2) is 0 Å². The minimum absolute atomic E-state index is 0.0220. The van der Waals surface area contributed by atoms with Crippen LogP contribution in [0.5, 0.6) is 0 Å². The highest BCUT2D eigenvalue weighted by Gasteiger charge is 2.35. The Labute approximate surface area is 206 Å². The van der Waals surface area contributed by atoms with E-state index in [9.17, 15) is 18.0 Å². The van der Waals surface area contributed by atoms with Gasteiger partial charge in [-0.1, -0.05) is 60.7 Å². The molecule has 8 heteroatoms. The molecule has 0 radical (unpaired) electrons. The number of amides is 2. The average Bonchev–Trinajstić information content (AvgIpc) is 2.88. The van der Waals surface area contributed by atoms with Gasteiger partial charge < -0.3 is 9.80 Å². The van der Waals surface area contributed by atoms with Crippen molar-refractivity contribution in [2.75, 3.05) is 32.7 Å². The molecule has 0 aromatic heterocycles. The van der Waals surface area contributed by atoms with Gasteiger partial charge in [0.05, 0.1) is 10.3 Å². The maximum absolute atomic E-state index is 13.1. The van der Waals surface area contributed by atoms with Crippen molar-refractivity contribution in [3.05, 3.63) is 78.4 Å². The number of fused-ring (bicyclic) bond motifs is 1. The first kappa shape index (κ1) is 24.9. The lowest BCUT2D eigenvalue weighted by Gasteiger charge is -2.38. The van der Waals surface area contributed by atoms with Gasteiger partial charge in [-0.05, 0) is 42.3 Å². The lowest BCUT2D eigenvalue weighted by molar-refractivity contribution is -0.142. The van der Waals surface area contributed by atoms with Crippen LogP contribution in [0.15, 0.2) is 77.7 Å². The molecule has 2 amide bonds. The Kier molecular flexibility index (Phi) is 7.23. The van der Waals surface area contributed by atoms with Crippen molar-refractivity contribution in [2.45, 2.75) is 30.6 Å². The van der Waals surface area contributed by atoms with Crippen LogP contribution in [0.25, 0.3) is 10.8 Å². The molecule has 0 aliphatic carbocycles. The first-order valence-corrected chi connectivity index (χ1v) is 13.3. The van der Waals surface area contributed by atoms with E-state index < -0.39 is 15.4 Å². The van der Waals surface area contributed by atoms with Crippen LogP contribution in [0.3, 0.4) is 0 Å². The molecule has 1 heterocycles. The molecule has 0 saturated carbocycles. The minimum atomic E-state index is -3.71. The molecule has 1 saturated heterocycles. The fourth-order valence-electron chi connectivity index (χ4n) is 4.40. The van der Waals surface area contributed by atoms with Gasteiger partial charge in [0, 0.05) is 39.1 Å². The highest BCUT2D eigenvalue weighted by Crippen LogP contribution is 2.26. The average molecular weight is 494 g/mol. The van der Waals surface area contributed by atoms with E-state index in [0.29, 0.717) is 26.2 Å². The number of piperazine rings is 1. The SMILES string of the molecule is CC(C)(C(=O)N1CCN(C(=O)CCNS(=O)(=O)c2ccc3ccccc3c2)CC1)c1ccccc1. The summed E-state index contributed by atoms with van der Waals surface area (Å²) in [7, 11) is -3.71. The second-order valence-corrected chi connectivity index (χ2v) is 11.1. The molecular formula is C27H31N3O4S. The predicted molar refractivity (Wildman–Crippen MR) is 136 cm³/mol. The number of rotatable bonds is 7. The zero-order chi connectivity index (χ0) is 25.1. The number of sulfonamides is 1. The first-order chi connectivity index (χ1) is 16.7. The van der Waals surface area contributed by atoms with Crippen LogP contribution < -0.4 is 4.72 Å². The Balaban J connectivity index is 1.28. The topological polar surface area (TPSA) is 86.8 Å². The summed E-state index contributed by atoms with van der Waals surface area (Å²) in [5, 5.41) is 1.81. The van der Waals surface area contributed by atoms with Crippen LogP contribution in [0, 0.1) is 0 Å². The summed E-state index contributed by atoms with van der Waals surface area (Å²) in [5.41, 5.74) is 0.316. The summed E-state index contributed by atoms with van der Waals surface area (Å²) in [6.45, 7) is 5.66. The van der Waals surface area contributed by atoms with Crippen LogP contribution in [-0.4, -0.2) is 62.8 Å². The largest absolute Gasteiger partial charge is 0.339 e. The van der Waals surface area contributed by atoms with E-state index in [1.807, 2.05) is 68.4 Å². The van der Waals surface area contributed by atoms with Crippen LogP contribution in [0.4, 0.5) is 0 Å². The summed E-state index contributed by atoms with van der Waals surface area (Å²) in [6.07, 6.45) is 0.0657. The monoisotopic (exact) mass is 493 g/mol. The third-order valence-electron chi connectivity index (χ3n) is 6.61. The van der Waals surface area contributed by atoms with Crippen molar-refractivity contribution in [2.24, 2.45) is 0 Å². The highest BCUT2D eigenvalue weighted by atomic mass is 32.2. The third-order valence-corrected chi connectivity index (χ3v) is 8.07. The molecule has 3 aromatic carbocycles. The standard InChI is InChI=1S/C27H31N3O4S/c1-27(2,23-10-4-3-5-11-23)26(32)30-18-16-29(17-19-30)25(31)14-15-28-35(33,34)24-13-12-21-8-6-7-9-22(21)20-24/h3-13,20,28H,14-19H2,1-2H3. The molecule has 0 unspecified atom stereocenters. The summed E-state index contributed by atoms with van der Waals surface area (Å²) >= 11 is 0. The number of benzene rings is 3. The molecule has 1 aliphatic rings. The van der Waals surface area contributed by atoms with Crippen molar-refractivity contribution >= 4 is 32.6 Å². The Morgan fingerprint density at radius 2 is 1.43 bits per heavy atom. The van der Waals surface area contributed by atoms with E-state index in [2.05, 4.69) is 4.72 Å². The fraction of sp³-hybridized carbons (Fsp3) is 0.333. The molecule has 35 heavy (non-hydrogen) atoms. The molecule has 0 bridgehead atoms. The minimum Gasteiger partial charge on any atom is -0.339 e. The highest BCUT2D eigenvalue weighted by molar-refractivity contribution is 7.89. The van der Waals surface area contributed by atoms with Gasteiger partial charge in [-0.2, -0.15) is 0 Å². The normalized spacial score (nSPS) is 14.8. The van der Waals surface area contributed by atoms with E-state index in [4.69, 9.17) is 0 Å². The molecule has 184 valence electrons. The Morgan fingerprint density at radius 3 is 2.11 bits per heavy atom. The van der Waals surface area contributed by atoms with Crippen molar-refractivity contribution in [1.82, 2.24) is 14.5 Å². The van der Waals surface area contributed by atoms with E-state index in [0.717, 1.165) is 16.3 Å². The zero-order valence-electron chi connectivity index (χ0n) is 20.1. The van der Waals surface area contributed by atoms with Crippen LogP contribution in [-0.2, 0) is 25.0 Å². The lowest BCUT2D eigenvalue weighted by atomic mass is 9.83. The van der Waals surface area contributed by atoms with Gasteiger partial charge >= 0.3 is 0 Å². The number of carbonyl (C=O) groups excluding carboxylic acids is 2. The summed E-state index contributed by atoms with van der Waals surface area (Å²) < 4.78 is 27.9. The van der Waals surface area contributed by atoms with Crippen LogP contribution >= 0.6 is 0 Å². The third kappa shape index (κ3) is 5.55. The molecule has 1 N–H and O–H groups in total. The molecule has 7 nitrogen and oxygen atoms in total. The van der Waals surface area contributed by atoms with E-state index in [-0.39, 0.29) is 29.7 Å². The van der Waals surface area contributed by atoms with Gasteiger partial charge in [-0.3, -0.25) is 9.59 Å². The Hall–Kier alpha value is -3.23. The van der Waals surface area contributed by atoms with Crippen molar-refractivity contribution in [3.63, 3.8) is 0 Å². The van der Waals surface area contributed by atoms with Crippen molar-refractivity contribution in [3.8, 4) is 0 Å². The smallest absolute Gasteiger partial charge is 0.240 e.